The third-order valence-electron chi connectivity index (χ3n) is 0.883. The summed E-state index contributed by atoms with van der Waals surface area (Å²) >= 11 is 0. The first-order chi connectivity index (χ1) is 3.07. The van der Waals surface area contributed by atoms with Gasteiger partial charge in [-0.3, -0.25) is 0 Å². The molecule has 1 aliphatic carbocycles. The Balaban J connectivity index is 2.52. The van der Waals surface area contributed by atoms with Crippen LogP contribution in [-0.2, 0) is 0 Å². The standard InChI is InChI=1S/C3H2F4/c4-1-2(5)3(1,6)7/h1-2H/t1-,2-/m0/s1. The minimum absolute atomic E-state index is 2.53. The van der Waals surface area contributed by atoms with E-state index < -0.39 is 18.3 Å². The van der Waals surface area contributed by atoms with Crippen molar-refractivity contribution in [3.8, 4) is 0 Å². The number of hydrogen-bond acceptors (Lipinski definition) is 0. The maximum Gasteiger partial charge on any atom is 0.315 e. The van der Waals surface area contributed by atoms with Gasteiger partial charge < -0.3 is 0 Å². The Morgan fingerprint density at radius 2 is 1.14 bits per heavy atom. The van der Waals surface area contributed by atoms with E-state index in [0.717, 1.165) is 0 Å². The van der Waals surface area contributed by atoms with Gasteiger partial charge in [0.05, 0.1) is 0 Å². The molecule has 0 unspecified atom stereocenters. The summed E-state index contributed by atoms with van der Waals surface area (Å²) in [5.41, 5.74) is 0. The topological polar surface area (TPSA) is 0 Å². The third kappa shape index (κ3) is 0.421. The molecule has 1 fully saturated rings. The highest BCUT2D eigenvalue weighted by molar-refractivity contribution is 5.07. The molecule has 0 heterocycles. The van der Waals surface area contributed by atoms with Gasteiger partial charge >= 0.3 is 5.92 Å². The Labute approximate surface area is 37.1 Å². The summed E-state index contributed by atoms with van der Waals surface area (Å²) in [4.78, 5) is 0. The summed E-state index contributed by atoms with van der Waals surface area (Å²) in [7, 11) is 0. The second kappa shape index (κ2) is 0.928. The van der Waals surface area contributed by atoms with Crippen molar-refractivity contribution in [1.82, 2.24) is 0 Å². The van der Waals surface area contributed by atoms with E-state index in [2.05, 4.69) is 0 Å². The van der Waals surface area contributed by atoms with Crippen LogP contribution in [0.5, 0.6) is 0 Å². The van der Waals surface area contributed by atoms with Gasteiger partial charge in [0.2, 0.25) is 12.3 Å². The van der Waals surface area contributed by atoms with Gasteiger partial charge in [-0.2, -0.15) is 8.78 Å². The average Bonchev–Trinajstić information content (AvgIpc) is 1.91. The van der Waals surface area contributed by atoms with Crippen LogP contribution >= 0.6 is 0 Å². The van der Waals surface area contributed by atoms with Crippen molar-refractivity contribution >= 4 is 0 Å². The maximum absolute atomic E-state index is 11.2. The Morgan fingerprint density at radius 1 is 1.00 bits per heavy atom. The van der Waals surface area contributed by atoms with Gasteiger partial charge in [-0.25, -0.2) is 8.78 Å². The van der Waals surface area contributed by atoms with E-state index in [9.17, 15) is 17.6 Å². The van der Waals surface area contributed by atoms with Crippen LogP contribution in [0.2, 0.25) is 0 Å². The van der Waals surface area contributed by atoms with E-state index in [1.54, 1.807) is 0 Å². The van der Waals surface area contributed by atoms with Crippen molar-refractivity contribution in [2.45, 2.75) is 18.3 Å². The first-order valence-electron chi connectivity index (χ1n) is 1.73. The van der Waals surface area contributed by atoms with Crippen molar-refractivity contribution in [3.63, 3.8) is 0 Å². The van der Waals surface area contributed by atoms with E-state index in [-0.39, 0.29) is 0 Å². The summed E-state index contributed by atoms with van der Waals surface area (Å²) in [6.45, 7) is 0. The molecule has 0 aromatic carbocycles. The maximum atomic E-state index is 11.2. The molecular weight excluding hydrogens is 112 g/mol. The van der Waals surface area contributed by atoms with Crippen LogP contribution in [-0.4, -0.2) is 18.3 Å². The summed E-state index contributed by atoms with van der Waals surface area (Å²) in [6, 6.07) is 0. The molecule has 7 heavy (non-hydrogen) atoms. The minimum atomic E-state index is -3.67. The molecule has 0 aliphatic heterocycles. The van der Waals surface area contributed by atoms with Crippen LogP contribution in [0, 0.1) is 0 Å². The fraction of sp³-hybridized carbons (Fsp3) is 1.00. The summed E-state index contributed by atoms with van der Waals surface area (Å²) < 4.78 is 44.7. The summed E-state index contributed by atoms with van der Waals surface area (Å²) in [5, 5.41) is 0. The zero-order valence-electron chi connectivity index (χ0n) is 3.17. The molecule has 0 bridgehead atoms. The molecule has 1 saturated carbocycles. The van der Waals surface area contributed by atoms with E-state index in [1.165, 1.54) is 0 Å². The van der Waals surface area contributed by atoms with Crippen molar-refractivity contribution in [3.05, 3.63) is 0 Å². The molecule has 0 nitrogen and oxygen atoms in total. The number of hydrogen-bond donors (Lipinski definition) is 0. The van der Waals surface area contributed by atoms with Gasteiger partial charge in [-0.15, -0.1) is 0 Å². The van der Waals surface area contributed by atoms with Crippen LogP contribution in [0.25, 0.3) is 0 Å². The van der Waals surface area contributed by atoms with Crippen LogP contribution in [0.15, 0.2) is 0 Å². The normalized spacial score (nSPS) is 46.3. The van der Waals surface area contributed by atoms with E-state index >= 15 is 0 Å². The number of rotatable bonds is 0. The van der Waals surface area contributed by atoms with Crippen molar-refractivity contribution in [2.75, 3.05) is 0 Å². The molecule has 0 aromatic heterocycles. The van der Waals surface area contributed by atoms with E-state index in [1.807, 2.05) is 0 Å². The highest BCUT2D eigenvalue weighted by Crippen LogP contribution is 2.47. The Morgan fingerprint density at radius 3 is 1.14 bits per heavy atom. The Kier molecular flexibility index (Phi) is 0.645. The lowest BCUT2D eigenvalue weighted by Crippen LogP contribution is -1.93. The third-order valence-corrected chi connectivity index (χ3v) is 0.883. The Bertz CT molecular complexity index is 78.9. The molecule has 0 spiro atoms. The fourth-order valence-electron chi connectivity index (χ4n) is 0.255. The lowest BCUT2D eigenvalue weighted by molar-refractivity contribution is 0.0688. The quantitative estimate of drug-likeness (QED) is 0.416. The van der Waals surface area contributed by atoms with Crippen LogP contribution in [0.1, 0.15) is 0 Å². The molecular formula is C3H2F4. The average molecular weight is 114 g/mol. The molecule has 0 radical (unpaired) electrons. The molecule has 1 aliphatic rings. The molecule has 0 N–H and O–H groups in total. The largest absolute Gasteiger partial charge is 0.315 e. The number of alkyl halides is 4. The van der Waals surface area contributed by atoms with Crippen LogP contribution < -0.4 is 0 Å². The van der Waals surface area contributed by atoms with Crippen molar-refractivity contribution in [2.24, 2.45) is 0 Å². The van der Waals surface area contributed by atoms with Crippen LogP contribution in [0.3, 0.4) is 0 Å². The summed E-state index contributed by atoms with van der Waals surface area (Å²) in [6.07, 6.45) is -5.07. The monoisotopic (exact) mass is 114 g/mol. The molecule has 42 valence electrons. The van der Waals surface area contributed by atoms with E-state index in [4.69, 9.17) is 0 Å². The smallest absolute Gasteiger partial charge is 0.237 e. The molecule has 0 amide bonds. The van der Waals surface area contributed by atoms with Gasteiger partial charge in [0.15, 0.2) is 0 Å². The molecule has 1 rings (SSSR count). The predicted octanol–water partition coefficient (Wildman–Crippen LogP) is 1.31. The van der Waals surface area contributed by atoms with E-state index in [0.29, 0.717) is 0 Å². The SMILES string of the molecule is F[C@H]1[C@H](F)C1(F)F. The first kappa shape index (κ1) is 4.87. The highest BCUT2D eigenvalue weighted by Gasteiger charge is 2.71. The fourth-order valence-corrected chi connectivity index (χ4v) is 0.255. The van der Waals surface area contributed by atoms with Crippen molar-refractivity contribution in [1.29, 1.82) is 0 Å². The van der Waals surface area contributed by atoms with Crippen molar-refractivity contribution < 1.29 is 17.6 Å². The molecule has 0 saturated heterocycles. The highest BCUT2D eigenvalue weighted by atomic mass is 19.3. The van der Waals surface area contributed by atoms with Gasteiger partial charge in [0.1, 0.15) is 0 Å². The number of halogens is 4. The molecule has 4 heteroatoms. The zero-order valence-corrected chi connectivity index (χ0v) is 3.17. The predicted molar refractivity (Wildman–Crippen MR) is 14.7 cm³/mol. The lowest BCUT2D eigenvalue weighted by Gasteiger charge is -1.79. The van der Waals surface area contributed by atoms with Gasteiger partial charge in [-0.05, 0) is 0 Å². The molecule has 2 atom stereocenters. The second-order valence-corrected chi connectivity index (χ2v) is 1.48. The van der Waals surface area contributed by atoms with Crippen LogP contribution in [0.4, 0.5) is 17.6 Å². The Hall–Kier alpha value is -0.280. The summed E-state index contributed by atoms with van der Waals surface area (Å²) in [5.74, 6) is -3.67. The van der Waals surface area contributed by atoms with Gasteiger partial charge in [0, 0.05) is 0 Å². The molecule has 0 aromatic rings. The zero-order chi connectivity index (χ0) is 5.65. The minimum Gasteiger partial charge on any atom is -0.237 e. The van der Waals surface area contributed by atoms with Gasteiger partial charge in [-0.1, -0.05) is 0 Å². The first-order valence-corrected chi connectivity index (χ1v) is 1.73. The lowest BCUT2D eigenvalue weighted by atomic mass is 10.8. The second-order valence-electron chi connectivity index (χ2n) is 1.48. The van der Waals surface area contributed by atoms with Gasteiger partial charge in [0.25, 0.3) is 0 Å².